The van der Waals surface area contributed by atoms with Gasteiger partial charge in [-0.3, -0.25) is 14.8 Å². The van der Waals surface area contributed by atoms with Gasteiger partial charge in [0.25, 0.3) is 5.91 Å². The molecule has 2 heterocycles. The molecule has 4 aromatic rings. The zero-order valence-corrected chi connectivity index (χ0v) is 21.2. The Hall–Kier alpha value is -4.51. The Kier molecular flexibility index (Phi) is 7.69. The zero-order chi connectivity index (χ0) is 27.4. The molecule has 0 aliphatic heterocycles. The molecule has 1 aliphatic rings. The Morgan fingerprint density at radius 2 is 1.74 bits per heavy atom. The van der Waals surface area contributed by atoms with Crippen molar-refractivity contribution >= 4 is 22.5 Å². The Labute approximate surface area is 222 Å². The van der Waals surface area contributed by atoms with E-state index in [1.165, 1.54) is 31.8 Å². The number of hydrogen-bond donors (Lipinski definition) is 1. The number of ether oxygens (including phenoxy) is 5. The van der Waals surface area contributed by atoms with Crippen molar-refractivity contribution in [1.82, 2.24) is 9.97 Å². The number of nitrogens with one attached hydrogen (secondary N) is 1. The van der Waals surface area contributed by atoms with Crippen LogP contribution in [0.2, 0.25) is 0 Å². The van der Waals surface area contributed by atoms with E-state index in [1.54, 1.807) is 25.3 Å². The molecule has 11 heteroatoms. The number of nitrogens with zero attached hydrogens (tertiary/aromatic N) is 2. The fourth-order valence-electron chi connectivity index (χ4n) is 3.78. The third kappa shape index (κ3) is 5.99. The summed E-state index contributed by atoms with van der Waals surface area (Å²) in [6, 6.07) is 8.25. The number of carbonyl (C=O) groups is 1. The summed E-state index contributed by atoms with van der Waals surface area (Å²) in [5.41, 5.74) is 0.530. The maximum Gasteiger partial charge on any atom is 0.261 e. The van der Waals surface area contributed by atoms with Crippen molar-refractivity contribution in [1.29, 1.82) is 0 Å². The molecule has 2 aromatic heterocycles. The van der Waals surface area contributed by atoms with Crippen molar-refractivity contribution in [2.45, 2.75) is 18.9 Å². The molecule has 1 aliphatic carbocycles. The van der Waals surface area contributed by atoms with E-state index in [2.05, 4.69) is 15.3 Å². The number of methoxy groups -OCH3 is 2. The summed E-state index contributed by atoms with van der Waals surface area (Å²) in [4.78, 5) is 21.1. The Bertz CT molecular complexity index is 1490. The molecule has 2 aromatic carbocycles. The van der Waals surface area contributed by atoms with Crippen LogP contribution in [0.5, 0.6) is 28.7 Å². The van der Waals surface area contributed by atoms with Gasteiger partial charge in [0.05, 0.1) is 30.9 Å². The molecule has 1 N–H and O–H groups in total. The van der Waals surface area contributed by atoms with E-state index >= 15 is 8.78 Å². The Morgan fingerprint density at radius 1 is 0.974 bits per heavy atom. The number of hydrogen-bond acceptors (Lipinski definition) is 8. The number of amides is 1. The minimum Gasteiger partial charge on any atom is -0.493 e. The van der Waals surface area contributed by atoms with Crippen molar-refractivity contribution in [3.63, 3.8) is 0 Å². The average Bonchev–Trinajstić information content (AvgIpc) is 3.75. The summed E-state index contributed by atoms with van der Waals surface area (Å²) in [6.07, 6.45) is 6.17. The van der Waals surface area contributed by atoms with Gasteiger partial charge in [0, 0.05) is 55.0 Å². The van der Waals surface area contributed by atoms with Gasteiger partial charge in [0.2, 0.25) is 0 Å². The number of halogens is 2. The largest absolute Gasteiger partial charge is 0.493 e. The van der Waals surface area contributed by atoms with Crippen LogP contribution in [0.15, 0.2) is 55.0 Å². The molecule has 0 saturated heterocycles. The molecule has 0 spiro atoms. The SMILES string of the molecule is COCCOc1cc2nccc(Oc3c(F)cc(NC(=O)c4cnccc4OC4CC4)cc3F)c2cc1OC. The number of carbonyl (C=O) groups excluding carboxylic acids is 1. The molecule has 1 saturated carbocycles. The van der Waals surface area contributed by atoms with E-state index in [-0.39, 0.29) is 23.1 Å². The van der Waals surface area contributed by atoms with Crippen LogP contribution in [0.1, 0.15) is 23.2 Å². The number of anilines is 1. The van der Waals surface area contributed by atoms with Gasteiger partial charge >= 0.3 is 0 Å². The van der Waals surface area contributed by atoms with E-state index in [0.717, 1.165) is 25.0 Å². The lowest BCUT2D eigenvalue weighted by Gasteiger charge is -2.15. The minimum absolute atomic E-state index is 0.0595. The molecular formula is C28H25F2N3O6. The lowest BCUT2D eigenvalue weighted by molar-refractivity contribution is 0.102. The zero-order valence-electron chi connectivity index (χ0n) is 21.2. The van der Waals surface area contributed by atoms with Crippen molar-refractivity contribution in [3.8, 4) is 28.7 Å². The number of pyridine rings is 2. The van der Waals surface area contributed by atoms with E-state index in [0.29, 0.717) is 41.4 Å². The number of aromatic nitrogens is 2. The van der Waals surface area contributed by atoms with Crippen LogP contribution in [0, 0.1) is 11.6 Å². The van der Waals surface area contributed by atoms with Crippen LogP contribution in [-0.4, -0.2) is 49.4 Å². The second kappa shape index (κ2) is 11.5. The topological polar surface area (TPSA) is 101 Å². The molecule has 39 heavy (non-hydrogen) atoms. The maximum atomic E-state index is 15.1. The standard InChI is InChI=1S/C28H25F2N3O6/c1-35-9-10-37-26-14-22-18(13-25(26)36-2)23(6-8-32-22)39-27-20(29)11-16(12-21(27)30)33-28(34)19-15-31-7-5-24(19)38-17-3-4-17/h5-8,11-15,17H,3-4,9-10H2,1-2H3,(H,33,34). The Morgan fingerprint density at radius 3 is 2.46 bits per heavy atom. The molecule has 202 valence electrons. The lowest BCUT2D eigenvalue weighted by Crippen LogP contribution is -2.15. The van der Waals surface area contributed by atoms with Crippen LogP contribution in [0.3, 0.4) is 0 Å². The van der Waals surface area contributed by atoms with Gasteiger partial charge in [-0.1, -0.05) is 0 Å². The lowest BCUT2D eigenvalue weighted by atomic mass is 10.1. The second-order valence-electron chi connectivity index (χ2n) is 8.68. The van der Waals surface area contributed by atoms with Crippen LogP contribution in [0.25, 0.3) is 10.9 Å². The van der Waals surface area contributed by atoms with Gasteiger partial charge in [0.15, 0.2) is 28.9 Å². The monoisotopic (exact) mass is 537 g/mol. The molecule has 1 fully saturated rings. The summed E-state index contributed by atoms with van der Waals surface area (Å²) in [5, 5.41) is 2.94. The third-order valence-corrected chi connectivity index (χ3v) is 5.84. The minimum atomic E-state index is -1.01. The molecule has 0 radical (unpaired) electrons. The van der Waals surface area contributed by atoms with E-state index in [9.17, 15) is 4.79 Å². The molecule has 5 rings (SSSR count). The molecule has 0 atom stereocenters. The van der Waals surface area contributed by atoms with Crippen molar-refractivity contribution in [3.05, 3.63) is 72.2 Å². The summed E-state index contributed by atoms with van der Waals surface area (Å²) >= 11 is 0. The maximum absolute atomic E-state index is 15.1. The number of benzene rings is 2. The summed E-state index contributed by atoms with van der Waals surface area (Å²) < 4.78 is 57.6. The highest BCUT2D eigenvalue weighted by atomic mass is 19.1. The third-order valence-electron chi connectivity index (χ3n) is 5.84. The van der Waals surface area contributed by atoms with Gasteiger partial charge in [-0.2, -0.15) is 0 Å². The van der Waals surface area contributed by atoms with Gasteiger partial charge in [-0.25, -0.2) is 8.78 Å². The quantitative estimate of drug-likeness (QED) is 0.249. The highest BCUT2D eigenvalue weighted by molar-refractivity contribution is 6.06. The summed E-state index contributed by atoms with van der Waals surface area (Å²) in [7, 11) is 3.03. The van der Waals surface area contributed by atoms with Crippen molar-refractivity contribution in [2.24, 2.45) is 0 Å². The van der Waals surface area contributed by atoms with Crippen molar-refractivity contribution < 1.29 is 37.3 Å². The Balaban J connectivity index is 1.38. The fourth-order valence-corrected chi connectivity index (χ4v) is 3.78. The van der Waals surface area contributed by atoms with E-state index in [4.69, 9.17) is 23.7 Å². The summed E-state index contributed by atoms with van der Waals surface area (Å²) in [6.45, 7) is 0.675. The predicted octanol–water partition coefficient (Wildman–Crippen LogP) is 5.53. The number of rotatable bonds is 11. The average molecular weight is 538 g/mol. The smallest absolute Gasteiger partial charge is 0.261 e. The van der Waals surface area contributed by atoms with Crippen LogP contribution >= 0.6 is 0 Å². The molecule has 1 amide bonds. The summed E-state index contributed by atoms with van der Waals surface area (Å²) in [5.74, 6) is -1.95. The van der Waals surface area contributed by atoms with Gasteiger partial charge in [0.1, 0.15) is 18.1 Å². The molecule has 0 bridgehead atoms. The van der Waals surface area contributed by atoms with Crippen LogP contribution in [0.4, 0.5) is 14.5 Å². The number of fused-ring (bicyclic) bond motifs is 1. The second-order valence-corrected chi connectivity index (χ2v) is 8.68. The van der Waals surface area contributed by atoms with Gasteiger partial charge in [-0.05, 0) is 31.0 Å². The first-order valence-electron chi connectivity index (χ1n) is 12.1. The van der Waals surface area contributed by atoms with Crippen molar-refractivity contribution in [2.75, 3.05) is 32.8 Å². The van der Waals surface area contributed by atoms with Crippen LogP contribution < -0.4 is 24.3 Å². The first kappa shape index (κ1) is 26.1. The fraction of sp³-hybridized carbons (Fsp3) is 0.250. The van der Waals surface area contributed by atoms with Gasteiger partial charge in [-0.15, -0.1) is 0 Å². The highest BCUT2D eigenvalue weighted by Crippen LogP contribution is 2.39. The molecular weight excluding hydrogens is 512 g/mol. The molecule has 9 nitrogen and oxygen atoms in total. The van der Waals surface area contributed by atoms with Crippen LogP contribution in [-0.2, 0) is 4.74 Å². The molecule has 0 unspecified atom stereocenters. The van der Waals surface area contributed by atoms with E-state index < -0.39 is 23.3 Å². The predicted molar refractivity (Wildman–Crippen MR) is 138 cm³/mol. The first-order valence-corrected chi connectivity index (χ1v) is 12.1. The normalized spacial score (nSPS) is 12.7. The van der Waals surface area contributed by atoms with Gasteiger partial charge < -0.3 is 29.0 Å². The highest BCUT2D eigenvalue weighted by Gasteiger charge is 2.26. The van der Waals surface area contributed by atoms with E-state index in [1.807, 2.05) is 0 Å². The first-order chi connectivity index (χ1) is 19.0.